The lowest BCUT2D eigenvalue weighted by atomic mass is 9.87. The van der Waals surface area contributed by atoms with Crippen molar-refractivity contribution in [3.05, 3.63) is 0 Å². The van der Waals surface area contributed by atoms with Crippen molar-refractivity contribution in [3.8, 4) is 6.07 Å². The highest BCUT2D eigenvalue weighted by atomic mass is 14.9. The highest BCUT2D eigenvalue weighted by molar-refractivity contribution is 4.83. The molecule has 0 heterocycles. The molecule has 1 rings (SSSR count). The molecule has 1 aliphatic carbocycles. The average Bonchev–Trinajstić information content (AvgIpc) is 2.31. The van der Waals surface area contributed by atoms with Crippen molar-refractivity contribution >= 4 is 0 Å². The lowest BCUT2D eigenvalue weighted by molar-refractivity contribution is 0.332. The summed E-state index contributed by atoms with van der Waals surface area (Å²) >= 11 is 0. The molecule has 1 fully saturated rings. The molecule has 0 amide bonds. The number of hydrogen-bond donors (Lipinski definition) is 1. The maximum Gasteiger partial charge on any atom is 0.0669 e. The molecule has 0 radical (unpaired) electrons. The fraction of sp³-hybridized carbons (Fsp3) is 0.923. The Hall–Kier alpha value is -0.550. The van der Waals surface area contributed by atoms with Crippen molar-refractivity contribution in [2.75, 3.05) is 13.1 Å². The second-order valence-electron chi connectivity index (χ2n) is 4.73. The quantitative estimate of drug-likeness (QED) is 0.681. The van der Waals surface area contributed by atoms with E-state index in [1.165, 1.54) is 38.5 Å². The summed E-state index contributed by atoms with van der Waals surface area (Å²) in [5.41, 5.74) is 0. The van der Waals surface area contributed by atoms with Crippen LogP contribution < -0.4 is 5.32 Å². The van der Waals surface area contributed by atoms with Crippen molar-refractivity contribution in [2.45, 2.75) is 51.9 Å². The summed E-state index contributed by atoms with van der Waals surface area (Å²) in [6.45, 7) is 4.05. The molecule has 1 N–H and O–H groups in total. The van der Waals surface area contributed by atoms with Crippen LogP contribution in [0.5, 0.6) is 0 Å². The SMILES string of the molecule is CCC(C#N)CNCCC1CCCCC1. The van der Waals surface area contributed by atoms with Crippen LogP contribution in [-0.2, 0) is 0 Å². The van der Waals surface area contributed by atoms with Crippen LogP contribution in [0.3, 0.4) is 0 Å². The molecule has 2 nitrogen and oxygen atoms in total. The minimum atomic E-state index is 0.205. The van der Waals surface area contributed by atoms with E-state index in [9.17, 15) is 0 Å². The van der Waals surface area contributed by atoms with Crippen LogP contribution in [0.15, 0.2) is 0 Å². The van der Waals surface area contributed by atoms with Gasteiger partial charge in [-0.1, -0.05) is 39.0 Å². The van der Waals surface area contributed by atoms with E-state index in [0.717, 1.165) is 25.4 Å². The highest BCUT2D eigenvalue weighted by Crippen LogP contribution is 2.25. The molecule has 0 saturated heterocycles. The fourth-order valence-corrected chi connectivity index (χ4v) is 2.34. The molecular weight excluding hydrogens is 184 g/mol. The third-order valence-electron chi connectivity index (χ3n) is 3.52. The predicted octanol–water partition coefficient (Wildman–Crippen LogP) is 3.10. The normalized spacial score (nSPS) is 19.7. The van der Waals surface area contributed by atoms with Gasteiger partial charge in [0, 0.05) is 6.54 Å². The second kappa shape index (κ2) is 7.70. The van der Waals surface area contributed by atoms with Crippen molar-refractivity contribution in [2.24, 2.45) is 11.8 Å². The van der Waals surface area contributed by atoms with E-state index in [1.54, 1.807) is 0 Å². The van der Waals surface area contributed by atoms with Gasteiger partial charge in [-0.25, -0.2) is 0 Å². The van der Waals surface area contributed by atoms with Crippen LogP contribution in [0.1, 0.15) is 51.9 Å². The van der Waals surface area contributed by atoms with Gasteiger partial charge in [0.1, 0.15) is 0 Å². The van der Waals surface area contributed by atoms with Gasteiger partial charge in [-0.2, -0.15) is 5.26 Å². The van der Waals surface area contributed by atoms with E-state index >= 15 is 0 Å². The van der Waals surface area contributed by atoms with Crippen LogP contribution in [0.25, 0.3) is 0 Å². The van der Waals surface area contributed by atoms with E-state index in [0.29, 0.717) is 0 Å². The molecule has 0 aromatic carbocycles. The lowest BCUT2D eigenvalue weighted by Crippen LogP contribution is -2.24. The van der Waals surface area contributed by atoms with Crippen LogP contribution in [0.2, 0.25) is 0 Å². The first-order valence-corrected chi connectivity index (χ1v) is 6.47. The Morgan fingerprint density at radius 1 is 1.33 bits per heavy atom. The molecule has 1 saturated carbocycles. The molecule has 0 spiro atoms. The van der Waals surface area contributed by atoms with Crippen LogP contribution in [-0.4, -0.2) is 13.1 Å². The Morgan fingerprint density at radius 3 is 2.67 bits per heavy atom. The summed E-state index contributed by atoms with van der Waals surface area (Å²) < 4.78 is 0. The molecule has 0 aliphatic heterocycles. The first-order chi connectivity index (χ1) is 7.36. The zero-order chi connectivity index (χ0) is 10.9. The fourth-order valence-electron chi connectivity index (χ4n) is 2.34. The standard InChI is InChI=1S/C13H24N2/c1-2-12(10-14)11-15-9-8-13-6-4-3-5-7-13/h12-13,15H,2-9,11H2,1H3. The molecule has 0 bridgehead atoms. The molecule has 15 heavy (non-hydrogen) atoms. The monoisotopic (exact) mass is 208 g/mol. The van der Waals surface area contributed by atoms with E-state index in [2.05, 4.69) is 18.3 Å². The molecule has 1 atom stereocenters. The first kappa shape index (κ1) is 12.5. The summed E-state index contributed by atoms with van der Waals surface area (Å²) in [4.78, 5) is 0. The minimum Gasteiger partial charge on any atom is -0.315 e. The van der Waals surface area contributed by atoms with Gasteiger partial charge in [-0.05, 0) is 25.3 Å². The Kier molecular flexibility index (Phi) is 6.43. The van der Waals surface area contributed by atoms with Crippen molar-refractivity contribution in [3.63, 3.8) is 0 Å². The van der Waals surface area contributed by atoms with Crippen molar-refractivity contribution < 1.29 is 0 Å². The Balaban J connectivity index is 1.98. The largest absolute Gasteiger partial charge is 0.315 e. The van der Waals surface area contributed by atoms with Gasteiger partial charge in [-0.15, -0.1) is 0 Å². The van der Waals surface area contributed by atoms with E-state index in [1.807, 2.05) is 0 Å². The first-order valence-electron chi connectivity index (χ1n) is 6.47. The van der Waals surface area contributed by atoms with E-state index in [-0.39, 0.29) is 5.92 Å². The van der Waals surface area contributed by atoms with Crippen molar-refractivity contribution in [1.29, 1.82) is 5.26 Å². The Labute approximate surface area is 94.1 Å². The summed E-state index contributed by atoms with van der Waals surface area (Å²) in [6.07, 6.45) is 9.43. The molecule has 2 heteroatoms. The van der Waals surface area contributed by atoms with Gasteiger partial charge in [0.15, 0.2) is 0 Å². The van der Waals surface area contributed by atoms with Gasteiger partial charge < -0.3 is 5.32 Å². The maximum absolute atomic E-state index is 8.78. The van der Waals surface area contributed by atoms with Crippen molar-refractivity contribution in [1.82, 2.24) is 5.32 Å². The molecule has 86 valence electrons. The summed E-state index contributed by atoms with van der Waals surface area (Å²) in [6, 6.07) is 2.33. The zero-order valence-electron chi connectivity index (χ0n) is 9.97. The Morgan fingerprint density at radius 2 is 2.07 bits per heavy atom. The van der Waals surface area contributed by atoms with Crippen LogP contribution in [0.4, 0.5) is 0 Å². The van der Waals surface area contributed by atoms with Gasteiger partial charge >= 0.3 is 0 Å². The number of hydrogen-bond acceptors (Lipinski definition) is 2. The number of rotatable bonds is 6. The zero-order valence-corrected chi connectivity index (χ0v) is 9.97. The minimum absolute atomic E-state index is 0.205. The number of nitrogens with zero attached hydrogens (tertiary/aromatic N) is 1. The lowest BCUT2D eigenvalue weighted by Gasteiger charge is -2.21. The van der Waals surface area contributed by atoms with E-state index in [4.69, 9.17) is 5.26 Å². The molecular formula is C13H24N2. The van der Waals surface area contributed by atoms with E-state index < -0.39 is 0 Å². The molecule has 0 aromatic rings. The maximum atomic E-state index is 8.78. The topological polar surface area (TPSA) is 35.8 Å². The summed E-state index contributed by atoms with van der Waals surface area (Å²) in [7, 11) is 0. The molecule has 1 unspecified atom stereocenters. The van der Waals surface area contributed by atoms with Gasteiger partial charge in [0.2, 0.25) is 0 Å². The number of nitrogens with one attached hydrogen (secondary N) is 1. The molecule has 0 aromatic heterocycles. The van der Waals surface area contributed by atoms with Gasteiger partial charge in [0.25, 0.3) is 0 Å². The summed E-state index contributed by atoms with van der Waals surface area (Å²) in [5.74, 6) is 1.16. The van der Waals surface area contributed by atoms with Gasteiger partial charge in [0.05, 0.1) is 12.0 Å². The van der Waals surface area contributed by atoms with Gasteiger partial charge in [-0.3, -0.25) is 0 Å². The smallest absolute Gasteiger partial charge is 0.0669 e. The van der Waals surface area contributed by atoms with Crippen LogP contribution in [0, 0.1) is 23.2 Å². The predicted molar refractivity (Wildman–Crippen MR) is 63.5 cm³/mol. The molecule has 1 aliphatic rings. The third kappa shape index (κ3) is 5.18. The Bertz CT molecular complexity index is 189. The second-order valence-corrected chi connectivity index (χ2v) is 4.73. The third-order valence-corrected chi connectivity index (χ3v) is 3.52. The number of nitriles is 1. The van der Waals surface area contributed by atoms with Crippen LogP contribution >= 0.6 is 0 Å². The summed E-state index contributed by atoms with van der Waals surface area (Å²) in [5, 5.41) is 12.2. The average molecular weight is 208 g/mol. The highest BCUT2D eigenvalue weighted by Gasteiger charge is 2.12.